The second kappa shape index (κ2) is 6.83. The summed E-state index contributed by atoms with van der Waals surface area (Å²) >= 11 is 0. The first-order chi connectivity index (χ1) is 9.82. The van der Waals surface area contributed by atoms with Gasteiger partial charge in [-0.1, -0.05) is 26.0 Å². The Kier molecular flexibility index (Phi) is 5.32. The smallest absolute Gasteiger partial charge is 0.119 e. The summed E-state index contributed by atoms with van der Waals surface area (Å²) < 4.78 is 6.10. The Morgan fingerprint density at radius 3 is 2.57 bits per heavy atom. The SMILES string of the molecule is CC(C)CCc1cccc(O[C@H]2C[C@@H](NC(C)(C)C)C2)c1. The summed E-state index contributed by atoms with van der Waals surface area (Å²) in [6.45, 7) is 11.2. The molecule has 0 spiro atoms. The van der Waals surface area contributed by atoms with Crippen molar-refractivity contribution < 1.29 is 4.74 Å². The zero-order chi connectivity index (χ0) is 15.5. The fourth-order valence-corrected chi connectivity index (χ4v) is 2.81. The number of hydrogen-bond acceptors (Lipinski definition) is 2. The summed E-state index contributed by atoms with van der Waals surface area (Å²) in [5, 5.41) is 3.64. The summed E-state index contributed by atoms with van der Waals surface area (Å²) in [5.41, 5.74) is 1.59. The van der Waals surface area contributed by atoms with E-state index in [1.54, 1.807) is 0 Å². The van der Waals surface area contributed by atoms with Crippen LogP contribution in [0.3, 0.4) is 0 Å². The van der Waals surface area contributed by atoms with Crippen LogP contribution in [0.1, 0.15) is 59.4 Å². The second-order valence-electron chi connectivity index (χ2n) is 7.88. The van der Waals surface area contributed by atoms with E-state index >= 15 is 0 Å². The molecule has 0 heterocycles. The molecule has 2 nitrogen and oxygen atoms in total. The zero-order valence-electron chi connectivity index (χ0n) is 14.3. The lowest BCUT2D eigenvalue weighted by Crippen LogP contribution is -2.53. The van der Waals surface area contributed by atoms with Crippen molar-refractivity contribution >= 4 is 0 Å². The Labute approximate surface area is 130 Å². The van der Waals surface area contributed by atoms with Crippen LogP contribution in [0.25, 0.3) is 0 Å². The summed E-state index contributed by atoms with van der Waals surface area (Å²) in [6, 6.07) is 9.24. The van der Waals surface area contributed by atoms with Crippen molar-refractivity contribution in [3.8, 4) is 5.75 Å². The average molecular weight is 289 g/mol. The van der Waals surface area contributed by atoms with E-state index in [4.69, 9.17) is 4.74 Å². The highest BCUT2D eigenvalue weighted by atomic mass is 16.5. The van der Waals surface area contributed by atoms with Gasteiger partial charge in [-0.05, 0) is 70.1 Å². The summed E-state index contributed by atoms with van der Waals surface area (Å²) in [5.74, 6) is 1.79. The van der Waals surface area contributed by atoms with Gasteiger partial charge in [0.05, 0.1) is 0 Å². The van der Waals surface area contributed by atoms with Gasteiger partial charge in [0, 0.05) is 11.6 Å². The Hall–Kier alpha value is -1.02. The average Bonchev–Trinajstić information content (AvgIpc) is 2.33. The Morgan fingerprint density at radius 2 is 1.95 bits per heavy atom. The van der Waals surface area contributed by atoms with Gasteiger partial charge < -0.3 is 10.1 Å². The highest BCUT2D eigenvalue weighted by Gasteiger charge is 2.33. The van der Waals surface area contributed by atoms with Crippen molar-refractivity contribution in [3.05, 3.63) is 29.8 Å². The first-order valence-electron chi connectivity index (χ1n) is 8.35. The maximum absolute atomic E-state index is 6.10. The molecular formula is C19H31NO. The molecule has 0 saturated heterocycles. The first-order valence-corrected chi connectivity index (χ1v) is 8.35. The topological polar surface area (TPSA) is 21.3 Å². The predicted octanol–water partition coefficient (Wildman–Crippen LogP) is 4.57. The van der Waals surface area contributed by atoms with E-state index in [0.717, 1.165) is 30.9 Å². The third-order valence-corrected chi connectivity index (χ3v) is 3.94. The third kappa shape index (κ3) is 5.70. The van der Waals surface area contributed by atoms with Crippen molar-refractivity contribution in [2.75, 3.05) is 0 Å². The molecule has 0 aliphatic heterocycles. The molecule has 0 unspecified atom stereocenters. The fraction of sp³-hybridized carbons (Fsp3) is 0.684. The molecule has 1 aromatic rings. The Morgan fingerprint density at radius 1 is 1.24 bits per heavy atom. The molecule has 2 heteroatoms. The van der Waals surface area contributed by atoms with Crippen molar-refractivity contribution in [3.63, 3.8) is 0 Å². The molecule has 1 saturated carbocycles. The minimum atomic E-state index is 0.201. The molecule has 0 aromatic heterocycles. The van der Waals surface area contributed by atoms with E-state index in [1.807, 2.05) is 0 Å². The molecule has 1 fully saturated rings. The van der Waals surface area contributed by atoms with Gasteiger partial charge in [0.15, 0.2) is 0 Å². The van der Waals surface area contributed by atoms with Crippen molar-refractivity contribution in [1.29, 1.82) is 0 Å². The molecule has 0 amide bonds. The molecule has 1 aliphatic carbocycles. The lowest BCUT2D eigenvalue weighted by molar-refractivity contribution is 0.0733. The second-order valence-corrected chi connectivity index (χ2v) is 7.88. The number of ether oxygens (including phenoxy) is 1. The van der Waals surface area contributed by atoms with Crippen LogP contribution < -0.4 is 10.1 Å². The molecule has 0 atom stereocenters. The van der Waals surface area contributed by atoms with E-state index in [-0.39, 0.29) is 5.54 Å². The Balaban J connectivity index is 1.78. The molecule has 1 aromatic carbocycles. The summed E-state index contributed by atoms with van der Waals surface area (Å²) in [4.78, 5) is 0. The molecular weight excluding hydrogens is 258 g/mol. The van der Waals surface area contributed by atoms with Gasteiger partial charge in [-0.15, -0.1) is 0 Å². The summed E-state index contributed by atoms with van der Waals surface area (Å²) in [6.07, 6.45) is 5.00. The quantitative estimate of drug-likeness (QED) is 0.828. The van der Waals surface area contributed by atoms with E-state index in [2.05, 4.69) is 64.2 Å². The Bertz CT molecular complexity index is 441. The van der Waals surface area contributed by atoms with E-state index in [0.29, 0.717) is 12.1 Å². The van der Waals surface area contributed by atoms with E-state index in [1.165, 1.54) is 12.0 Å². The minimum absolute atomic E-state index is 0.201. The highest BCUT2D eigenvalue weighted by molar-refractivity contribution is 5.29. The normalized spacial score (nSPS) is 22.2. The van der Waals surface area contributed by atoms with Crippen LogP contribution in [-0.2, 0) is 6.42 Å². The number of benzene rings is 1. The summed E-state index contributed by atoms with van der Waals surface area (Å²) in [7, 11) is 0. The van der Waals surface area contributed by atoms with Crippen LogP contribution in [0, 0.1) is 5.92 Å². The molecule has 21 heavy (non-hydrogen) atoms. The predicted molar refractivity (Wildman–Crippen MR) is 89.9 cm³/mol. The van der Waals surface area contributed by atoms with Crippen LogP contribution >= 0.6 is 0 Å². The van der Waals surface area contributed by atoms with Gasteiger partial charge in [0.1, 0.15) is 11.9 Å². The van der Waals surface area contributed by atoms with Gasteiger partial charge >= 0.3 is 0 Å². The van der Waals surface area contributed by atoms with Crippen LogP contribution in [0.4, 0.5) is 0 Å². The van der Waals surface area contributed by atoms with Gasteiger partial charge in [0.25, 0.3) is 0 Å². The monoisotopic (exact) mass is 289 g/mol. The van der Waals surface area contributed by atoms with Crippen LogP contribution in [0.5, 0.6) is 5.75 Å². The van der Waals surface area contributed by atoms with Gasteiger partial charge in [-0.25, -0.2) is 0 Å². The maximum Gasteiger partial charge on any atom is 0.119 e. The van der Waals surface area contributed by atoms with E-state index in [9.17, 15) is 0 Å². The van der Waals surface area contributed by atoms with Gasteiger partial charge in [-0.2, -0.15) is 0 Å². The molecule has 1 aliphatic rings. The van der Waals surface area contributed by atoms with Crippen molar-refractivity contribution in [2.24, 2.45) is 5.92 Å². The van der Waals surface area contributed by atoms with Gasteiger partial charge in [-0.3, -0.25) is 0 Å². The molecule has 1 N–H and O–H groups in total. The van der Waals surface area contributed by atoms with Crippen molar-refractivity contribution in [2.45, 2.75) is 78.0 Å². The fourth-order valence-electron chi connectivity index (χ4n) is 2.81. The third-order valence-electron chi connectivity index (χ3n) is 3.94. The largest absolute Gasteiger partial charge is 0.490 e. The van der Waals surface area contributed by atoms with E-state index < -0.39 is 0 Å². The van der Waals surface area contributed by atoms with Crippen LogP contribution in [0.15, 0.2) is 24.3 Å². The first kappa shape index (κ1) is 16.4. The van der Waals surface area contributed by atoms with Crippen LogP contribution in [-0.4, -0.2) is 17.7 Å². The maximum atomic E-state index is 6.10. The molecule has 118 valence electrons. The molecule has 0 bridgehead atoms. The lowest BCUT2D eigenvalue weighted by atomic mass is 9.87. The highest BCUT2D eigenvalue weighted by Crippen LogP contribution is 2.28. The zero-order valence-corrected chi connectivity index (χ0v) is 14.3. The number of rotatable bonds is 6. The molecule has 2 rings (SSSR count). The minimum Gasteiger partial charge on any atom is -0.490 e. The number of nitrogens with one attached hydrogen (secondary N) is 1. The number of hydrogen-bond donors (Lipinski definition) is 1. The lowest BCUT2D eigenvalue weighted by Gasteiger charge is -2.40. The van der Waals surface area contributed by atoms with Crippen LogP contribution in [0.2, 0.25) is 0 Å². The molecule has 0 radical (unpaired) electrons. The number of aryl methyl sites for hydroxylation is 1. The van der Waals surface area contributed by atoms with Gasteiger partial charge in [0.2, 0.25) is 0 Å². The standard InChI is InChI=1S/C19H31NO/c1-14(2)9-10-15-7-6-8-17(11-15)21-18-12-16(13-18)20-19(3,4)5/h6-8,11,14,16,18,20H,9-10,12-13H2,1-5H3/t16-,18+. The van der Waals surface area contributed by atoms with Crippen molar-refractivity contribution in [1.82, 2.24) is 5.32 Å².